The van der Waals surface area contributed by atoms with Crippen molar-refractivity contribution in [1.29, 1.82) is 0 Å². The zero-order valence-electron chi connectivity index (χ0n) is 28.4. The summed E-state index contributed by atoms with van der Waals surface area (Å²) in [5.74, 6) is 0. The first-order valence-corrected chi connectivity index (χ1v) is 15.4. The lowest BCUT2D eigenvalue weighted by Crippen LogP contribution is -2.08. The highest BCUT2D eigenvalue weighted by atomic mass is 16.1. The Kier molecular flexibility index (Phi) is 14.0. The van der Waals surface area contributed by atoms with Gasteiger partial charge in [-0.1, -0.05) is 71.8 Å². The fourth-order valence-corrected chi connectivity index (χ4v) is 4.62. The number of fused-ring (bicyclic) bond motifs is 2. The maximum atomic E-state index is 10.5. The third kappa shape index (κ3) is 11.2. The largest absolute Gasteiger partial charge is 0.378 e. The average molecular weight is 639 g/mol. The highest BCUT2D eigenvalue weighted by Crippen LogP contribution is 2.18. The van der Waals surface area contributed by atoms with Gasteiger partial charge in [-0.2, -0.15) is 0 Å². The quantitative estimate of drug-likeness (QED) is 0.170. The number of anilines is 2. The SMILES string of the molecule is CN(C)c1ccc(C=O)cc1.CN(C)c1ccc(C=O)cc1.Cc1ccc2cc(C)ccc2c1.O=Cc1ccc2cc(C=O)ccc2c1. The first-order valence-electron chi connectivity index (χ1n) is 15.4. The van der Waals surface area contributed by atoms with E-state index in [1.165, 1.54) is 21.9 Å². The van der Waals surface area contributed by atoms with Crippen LogP contribution < -0.4 is 9.80 Å². The second-order valence-electron chi connectivity index (χ2n) is 11.7. The van der Waals surface area contributed by atoms with Crippen LogP contribution in [-0.2, 0) is 0 Å². The fourth-order valence-electron chi connectivity index (χ4n) is 4.62. The van der Waals surface area contributed by atoms with Gasteiger partial charge in [0, 0.05) is 61.8 Å². The van der Waals surface area contributed by atoms with Crippen molar-refractivity contribution >= 4 is 58.1 Å². The van der Waals surface area contributed by atoms with Crippen molar-refractivity contribution in [2.75, 3.05) is 38.0 Å². The number of aryl methyl sites for hydroxylation is 2. The number of nitrogens with zero attached hydrogens (tertiary/aromatic N) is 2. The summed E-state index contributed by atoms with van der Waals surface area (Å²) in [5, 5.41) is 4.61. The number of hydrogen-bond acceptors (Lipinski definition) is 6. The van der Waals surface area contributed by atoms with Crippen LogP contribution in [0.5, 0.6) is 0 Å². The molecule has 0 atom stereocenters. The number of aldehydes is 4. The van der Waals surface area contributed by atoms with Crippen LogP contribution in [0.3, 0.4) is 0 Å². The van der Waals surface area contributed by atoms with E-state index in [4.69, 9.17) is 0 Å². The van der Waals surface area contributed by atoms with Gasteiger partial charge in [-0.15, -0.1) is 0 Å². The van der Waals surface area contributed by atoms with Gasteiger partial charge in [-0.3, -0.25) is 19.2 Å². The van der Waals surface area contributed by atoms with Gasteiger partial charge in [0.1, 0.15) is 25.1 Å². The van der Waals surface area contributed by atoms with Crippen LogP contribution in [0.1, 0.15) is 52.6 Å². The number of benzene rings is 6. The lowest BCUT2D eigenvalue weighted by Gasteiger charge is -2.11. The Labute approximate surface area is 283 Å². The van der Waals surface area contributed by atoms with Crippen LogP contribution in [0.15, 0.2) is 121 Å². The molecule has 0 saturated carbocycles. The minimum atomic E-state index is 0.649. The molecular formula is C42H42N2O4. The number of carbonyl (C=O) groups excluding carboxylic acids is 4. The zero-order valence-corrected chi connectivity index (χ0v) is 28.4. The number of rotatable bonds is 6. The minimum Gasteiger partial charge on any atom is -0.378 e. The van der Waals surface area contributed by atoms with Crippen molar-refractivity contribution in [3.63, 3.8) is 0 Å². The van der Waals surface area contributed by atoms with Crippen LogP contribution in [0.25, 0.3) is 21.5 Å². The molecule has 0 aliphatic carbocycles. The summed E-state index contributed by atoms with van der Waals surface area (Å²) in [6, 6.07) is 38.8. The Morgan fingerprint density at radius 2 is 0.625 bits per heavy atom. The Hall–Kier alpha value is -5.88. The van der Waals surface area contributed by atoms with Crippen molar-refractivity contribution in [3.05, 3.63) is 155 Å². The molecule has 0 saturated heterocycles. The van der Waals surface area contributed by atoms with Gasteiger partial charge in [0.25, 0.3) is 0 Å². The third-order valence-electron chi connectivity index (χ3n) is 7.40. The standard InChI is InChI=1S/C12H8O2.C12H12.2C9H11NO/c13-7-9-1-3-11-6-10(8-14)2-4-12(11)5-9;1-9-3-5-12-8-10(2)4-6-11(12)7-9;2*1-10(2)9-5-3-8(7-11)4-6-9/h1-8H;3-8H,1-2H3;2*3-7H,1-2H3. The first-order chi connectivity index (χ1) is 23.1. The molecule has 0 bridgehead atoms. The van der Waals surface area contributed by atoms with E-state index in [1.807, 2.05) is 98.7 Å². The highest BCUT2D eigenvalue weighted by Gasteiger charge is 1.98. The van der Waals surface area contributed by atoms with Crippen molar-refractivity contribution in [1.82, 2.24) is 0 Å². The summed E-state index contributed by atoms with van der Waals surface area (Å²) in [6.45, 7) is 4.25. The maximum absolute atomic E-state index is 10.5. The molecule has 48 heavy (non-hydrogen) atoms. The van der Waals surface area contributed by atoms with Gasteiger partial charge >= 0.3 is 0 Å². The van der Waals surface area contributed by atoms with E-state index in [0.29, 0.717) is 11.1 Å². The molecule has 0 heterocycles. The molecule has 0 unspecified atom stereocenters. The van der Waals surface area contributed by atoms with Gasteiger partial charge in [0.05, 0.1) is 0 Å². The van der Waals surface area contributed by atoms with Gasteiger partial charge in [-0.25, -0.2) is 0 Å². The van der Waals surface area contributed by atoms with E-state index in [9.17, 15) is 19.2 Å². The van der Waals surface area contributed by atoms with E-state index in [2.05, 4.69) is 50.2 Å². The molecule has 6 aromatic rings. The molecular weight excluding hydrogens is 596 g/mol. The van der Waals surface area contributed by atoms with E-state index in [0.717, 1.165) is 58.4 Å². The third-order valence-corrected chi connectivity index (χ3v) is 7.40. The van der Waals surface area contributed by atoms with Crippen molar-refractivity contribution in [2.24, 2.45) is 0 Å². The maximum Gasteiger partial charge on any atom is 0.150 e. The monoisotopic (exact) mass is 638 g/mol. The summed E-state index contributed by atoms with van der Waals surface area (Å²) < 4.78 is 0. The molecule has 0 aliphatic heterocycles. The zero-order chi connectivity index (χ0) is 35.1. The summed E-state index contributed by atoms with van der Waals surface area (Å²) in [7, 11) is 7.87. The van der Waals surface area contributed by atoms with E-state index in [-0.39, 0.29) is 0 Å². The molecule has 0 spiro atoms. The lowest BCUT2D eigenvalue weighted by molar-refractivity contribution is 0.111. The van der Waals surface area contributed by atoms with Crippen LogP contribution in [0, 0.1) is 13.8 Å². The molecule has 6 nitrogen and oxygen atoms in total. The molecule has 0 aromatic heterocycles. The molecule has 0 radical (unpaired) electrons. The van der Waals surface area contributed by atoms with E-state index < -0.39 is 0 Å². The average Bonchev–Trinajstić information content (AvgIpc) is 3.12. The first kappa shape index (κ1) is 36.6. The predicted octanol–water partition coefficient (Wildman–Crippen LogP) is 9.05. The minimum absolute atomic E-state index is 0.649. The summed E-state index contributed by atoms with van der Waals surface area (Å²) >= 11 is 0. The molecule has 0 aliphatic rings. The van der Waals surface area contributed by atoms with Gasteiger partial charge < -0.3 is 9.80 Å². The summed E-state index contributed by atoms with van der Waals surface area (Å²) in [4.78, 5) is 45.6. The molecule has 0 amide bonds. The fraction of sp³-hybridized carbons (Fsp3) is 0.143. The van der Waals surface area contributed by atoms with Crippen LogP contribution >= 0.6 is 0 Å². The van der Waals surface area contributed by atoms with Gasteiger partial charge in [0.2, 0.25) is 0 Å². The lowest BCUT2D eigenvalue weighted by atomic mass is 10.1. The second-order valence-corrected chi connectivity index (χ2v) is 11.7. The molecule has 0 N–H and O–H groups in total. The molecule has 244 valence electrons. The van der Waals surface area contributed by atoms with Crippen LogP contribution in [0.2, 0.25) is 0 Å². The second kappa shape index (κ2) is 18.3. The number of carbonyl (C=O) groups is 4. The number of hydrogen-bond donors (Lipinski definition) is 0. The van der Waals surface area contributed by atoms with Crippen molar-refractivity contribution in [3.8, 4) is 0 Å². The topological polar surface area (TPSA) is 74.8 Å². The Morgan fingerprint density at radius 1 is 0.354 bits per heavy atom. The molecule has 6 heteroatoms. The molecule has 0 fully saturated rings. The van der Waals surface area contributed by atoms with Crippen LogP contribution in [0.4, 0.5) is 11.4 Å². The van der Waals surface area contributed by atoms with E-state index in [1.54, 1.807) is 24.3 Å². The Morgan fingerprint density at radius 3 is 0.917 bits per heavy atom. The highest BCUT2D eigenvalue weighted by molar-refractivity contribution is 5.92. The Balaban J connectivity index is 0.000000175. The van der Waals surface area contributed by atoms with Crippen LogP contribution in [-0.4, -0.2) is 53.3 Å². The van der Waals surface area contributed by atoms with Gasteiger partial charge in [-0.05, 0) is 96.1 Å². The normalized spacial score (nSPS) is 9.79. The smallest absolute Gasteiger partial charge is 0.150 e. The van der Waals surface area contributed by atoms with E-state index >= 15 is 0 Å². The molecule has 6 rings (SSSR count). The van der Waals surface area contributed by atoms with Crippen molar-refractivity contribution < 1.29 is 19.2 Å². The summed E-state index contributed by atoms with van der Waals surface area (Å²) in [6.07, 6.45) is 3.32. The predicted molar refractivity (Wildman–Crippen MR) is 200 cm³/mol. The summed E-state index contributed by atoms with van der Waals surface area (Å²) in [5.41, 5.74) is 7.60. The van der Waals surface area contributed by atoms with Crippen molar-refractivity contribution in [2.45, 2.75) is 13.8 Å². The Bertz CT molecular complexity index is 1820. The molecule has 6 aromatic carbocycles. The van der Waals surface area contributed by atoms with Gasteiger partial charge in [0.15, 0.2) is 0 Å².